The predicted octanol–water partition coefficient (Wildman–Crippen LogP) is 3.54. The molecule has 0 saturated heterocycles. The van der Waals surface area contributed by atoms with E-state index in [0.29, 0.717) is 18.2 Å². The van der Waals surface area contributed by atoms with E-state index in [1.54, 1.807) is 12.1 Å². The average Bonchev–Trinajstić information content (AvgIpc) is 2.43. The van der Waals surface area contributed by atoms with E-state index < -0.39 is 34.8 Å². The predicted molar refractivity (Wildman–Crippen MR) is 87.7 cm³/mol. The number of sulfonamides is 1. The zero-order chi connectivity index (χ0) is 18.0. The molecule has 0 spiro atoms. The maximum absolute atomic E-state index is 12.3. The lowest BCUT2D eigenvalue weighted by Crippen LogP contribution is -2.57. The minimum absolute atomic E-state index is 0.169. The van der Waals surface area contributed by atoms with Crippen molar-refractivity contribution in [3.8, 4) is 0 Å². The maximum Gasteiger partial charge on any atom is 0.391 e. The summed E-state index contributed by atoms with van der Waals surface area (Å²) in [5.41, 5.74) is 0.208. The first-order valence-electron chi connectivity index (χ1n) is 7.41. The van der Waals surface area contributed by atoms with Crippen molar-refractivity contribution in [3.05, 3.63) is 29.8 Å². The van der Waals surface area contributed by atoms with Crippen molar-refractivity contribution < 1.29 is 26.3 Å². The molecule has 0 amide bonds. The molecule has 2 rings (SSSR count). The molecule has 1 fully saturated rings. The van der Waals surface area contributed by atoms with Crippen LogP contribution in [0, 0.1) is 6.92 Å². The van der Waals surface area contributed by atoms with Gasteiger partial charge in [0.2, 0.25) is 10.0 Å². The Balaban J connectivity index is 1.89. The van der Waals surface area contributed by atoms with Gasteiger partial charge in [0.1, 0.15) is 0 Å². The molecule has 1 aliphatic carbocycles. The Bertz CT molecular complexity index is 656. The van der Waals surface area contributed by atoms with Crippen LogP contribution in [0.25, 0.3) is 0 Å². The van der Waals surface area contributed by atoms with Crippen molar-refractivity contribution >= 4 is 26.0 Å². The van der Waals surface area contributed by atoms with Crippen LogP contribution in [-0.2, 0) is 14.8 Å². The van der Waals surface area contributed by atoms with Crippen LogP contribution in [0.1, 0.15) is 24.8 Å². The Morgan fingerprint density at radius 2 is 1.88 bits per heavy atom. The van der Waals surface area contributed by atoms with E-state index in [2.05, 4.69) is 20.7 Å². The van der Waals surface area contributed by atoms with Crippen LogP contribution in [0.4, 0.5) is 13.2 Å². The number of alkyl halides is 4. The molecule has 4 nitrogen and oxygen atoms in total. The smallest absolute Gasteiger partial charge is 0.374 e. The standard InChI is InChI=1S/C15H19BrF3NO3S/c1-11-2-4-13(5-3-11)24(21,22)20-12-8-14(9-12,10-16)23-7-6-15(17,18)19/h2-5,12,20H,6-10H2,1H3. The topological polar surface area (TPSA) is 55.4 Å². The number of ether oxygens (including phenoxy) is 1. The molecule has 136 valence electrons. The van der Waals surface area contributed by atoms with Gasteiger partial charge in [0.15, 0.2) is 0 Å². The molecular weight excluding hydrogens is 411 g/mol. The van der Waals surface area contributed by atoms with Gasteiger partial charge in [0.25, 0.3) is 0 Å². The first-order valence-corrected chi connectivity index (χ1v) is 10.0. The molecule has 1 aliphatic rings. The Kier molecular flexibility index (Phi) is 5.99. The first-order chi connectivity index (χ1) is 11.1. The molecule has 9 heteroatoms. The van der Waals surface area contributed by atoms with Crippen LogP contribution >= 0.6 is 15.9 Å². The number of aryl methyl sites for hydroxylation is 1. The SMILES string of the molecule is Cc1ccc(S(=O)(=O)NC2CC(CBr)(OCCC(F)(F)F)C2)cc1. The fraction of sp³-hybridized carbons (Fsp3) is 0.600. The van der Waals surface area contributed by atoms with E-state index in [1.807, 2.05) is 6.92 Å². The molecule has 1 aromatic carbocycles. The highest BCUT2D eigenvalue weighted by molar-refractivity contribution is 9.09. The lowest BCUT2D eigenvalue weighted by Gasteiger charge is -2.46. The van der Waals surface area contributed by atoms with Crippen LogP contribution < -0.4 is 4.72 Å². The van der Waals surface area contributed by atoms with Crippen LogP contribution in [0.5, 0.6) is 0 Å². The Labute approximate surface area is 147 Å². The largest absolute Gasteiger partial charge is 0.391 e. The highest BCUT2D eigenvalue weighted by Gasteiger charge is 2.46. The summed E-state index contributed by atoms with van der Waals surface area (Å²) < 4.78 is 69.1. The second kappa shape index (κ2) is 7.31. The van der Waals surface area contributed by atoms with E-state index in [0.717, 1.165) is 5.56 Å². The van der Waals surface area contributed by atoms with Gasteiger partial charge < -0.3 is 4.74 Å². The Hall–Kier alpha value is -0.640. The molecular formula is C15H19BrF3NO3S. The summed E-state index contributed by atoms with van der Waals surface area (Å²) in [6, 6.07) is 6.11. The number of nitrogens with one attached hydrogen (secondary N) is 1. The minimum Gasteiger partial charge on any atom is -0.374 e. The van der Waals surface area contributed by atoms with E-state index in [4.69, 9.17) is 4.74 Å². The normalized spacial score (nSPS) is 24.6. The summed E-state index contributed by atoms with van der Waals surface area (Å²) in [6.45, 7) is 1.44. The molecule has 0 heterocycles. The minimum atomic E-state index is -4.26. The van der Waals surface area contributed by atoms with Gasteiger partial charge in [0, 0.05) is 11.4 Å². The lowest BCUT2D eigenvalue weighted by molar-refractivity contribution is -0.167. The lowest BCUT2D eigenvalue weighted by atomic mass is 9.77. The van der Waals surface area contributed by atoms with Gasteiger partial charge in [0.05, 0.1) is 23.5 Å². The van der Waals surface area contributed by atoms with E-state index in [9.17, 15) is 21.6 Å². The molecule has 1 saturated carbocycles. The highest BCUT2D eigenvalue weighted by Crippen LogP contribution is 2.39. The van der Waals surface area contributed by atoms with Crippen molar-refractivity contribution in [2.75, 3.05) is 11.9 Å². The number of rotatable bonds is 7. The summed E-state index contributed by atoms with van der Waals surface area (Å²) in [5, 5.41) is 0.362. The number of hydrogen-bond donors (Lipinski definition) is 1. The molecule has 0 unspecified atom stereocenters. The van der Waals surface area contributed by atoms with Gasteiger partial charge in [-0.2, -0.15) is 13.2 Å². The average molecular weight is 430 g/mol. The Morgan fingerprint density at radius 3 is 2.38 bits per heavy atom. The summed E-state index contributed by atoms with van der Waals surface area (Å²) in [4.78, 5) is 0.169. The van der Waals surface area contributed by atoms with Crippen LogP contribution in [-0.4, -0.2) is 38.2 Å². The quantitative estimate of drug-likeness (QED) is 0.674. The molecule has 24 heavy (non-hydrogen) atoms. The molecule has 0 aliphatic heterocycles. The van der Waals surface area contributed by atoms with Crippen LogP contribution in [0.15, 0.2) is 29.2 Å². The first kappa shape index (κ1) is 19.7. The van der Waals surface area contributed by atoms with Gasteiger partial charge in [-0.15, -0.1) is 0 Å². The molecule has 1 N–H and O–H groups in total. The Morgan fingerprint density at radius 1 is 1.29 bits per heavy atom. The second-order valence-corrected chi connectivity index (χ2v) is 8.34. The fourth-order valence-corrected chi connectivity index (χ4v) is 4.43. The summed E-state index contributed by atoms with van der Waals surface area (Å²) in [7, 11) is -3.64. The zero-order valence-corrected chi connectivity index (χ0v) is 15.5. The van der Waals surface area contributed by atoms with Gasteiger partial charge in [-0.1, -0.05) is 33.6 Å². The summed E-state index contributed by atoms with van der Waals surface area (Å²) >= 11 is 3.24. The molecule has 0 atom stereocenters. The van der Waals surface area contributed by atoms with Crippen molar-refractivity contribution in [3.63, 3.8) is 0 Å². The molecule has 0 aromatic heterocycles. The summed E-state index contributed by atoms with van der Waals surface area (Å²) in [5.74, 6) is 0. The van der Waals surface area contributed by atoms with Crippen LogP contribution in [0.3, 0.4) is 0 Å². The molecule has 0 radical (unpaired) electrons. The van der Waals surface area contributed by atoms with Crippen molar-refractivity contribution in [2.24, 2.45) is 0 Å². The van der Waals surface area contributed by atoms with Crippen molar-refractivity contribution in [1.29, 1.82) is 0 Å². The number of hydrogen-bond acceptors (Lipinski definition) is 3. The van der Waals surface area contributed by atoms with Crippen molar-refractivity contribution in [1.82, 2.24) is 4.72 Å². The van der Waals surface area contributed by atoms with Gasteiger partial charge in [-0.05, 0) is 31.9 Å². The third-order valence-corrected chi connectivity index (χ3v) is 6.49. The summed E-state index contributed by atoms with van der Waals surface area (Å²) in [6.07, 6.45) is -4.60. The van der Waals surface area contributed by atoms with Crippen molar-refractivity contribution in [2.45, 2.75) is 48.9 Å². The monoisotopic (exact) mass is 429 g/mol. The fourth-order valence-electron chi connectivity index (χ4n) is 2.58. The third kappa shape index (κ3) is 5.18. The third-order valence-electron chi connectivity index (χ3n) is 3.93. The zero-order valence-electron chi connectivity index (χ0n) is 13.1. The van der Waals surface area contributed by atoms with Gasteiger partial charge >= 0.3 is 6.18 Å². The number of halogens is 4. The second-order valence-electron chi connectivity index (χ2n) is 6.07. The maximum atomic E-state index is 12.3. The van der Waals surface area contributed by atoms with Crippen LogP contribution in [0.2, 0.25) is 0 Å². The van der Waals surface area contributed by atoms with E-state index >= 15 is 0 Å². The van der Waals surface area contributed by atoms with E-state index in [-0.39, 0.29) is 10.9 Å². The molecule has 0 bridgehead atoms. The number of benzene rings is 1. The van der Waals surface area contributed by atoms with E-state index in [1.165, 1.54) is 12.1 Å². The molecule has 1 aromatic rings. The van der Waals surface area contributed by atoms with Gasteiger partial charge in [-0.3, -0.25) is 0 Å². The highest BCUT2D eigenvalue weighted by atomic mass is 79.9. The van der Waals surface area contributed by atoms with Gasteiger partial charge in [-0.25, -0.2) is 13.1 Å².